The zero-order valence-electron chi connectivity index (χ0n) is 6.67. The van der Waals surface area contributed by atoms with Gasteiger partial charge >= 0.3 is 0 Å². The molecular weight excluding hydrogens is 126 g/mol. The van der Waals surface area contributed by atoms with Gasteiger partial charge in [0.25, 0.3) is 0 Å². The van der Waals surface area contributed by atoms with Crippen molar-refractivity contribution < 1.29 is 5.11 Å². The highest BCUT2D eigenvalue weighted by Gasteiger charge is 2.54. The van der Waals surface area contributed by atoms with E-state index >= 15 is 0 Å². The summed E-state index contributed by atoms with van der Waals surface area (Å²) in [5, 5.41) is 9.37. The number of likely N-dealkylation sites (tertiary alicyclic amines) is 1. The third-order valence-corrected chi connectivity index (χ3v) is 3.17. The van der Waals surface area contributed by atoms with Crippen LogP contribution in [-0.2, 0) is 0 Å². The molecule has 2 aliphatic rings. The quantitative estimate of drug-likeness (QED) is 0.525. The summed E-state index contributed by atoms with van der Waals surface area (Å²) in [7, 11) is 2.14. The molecule has 0 amide bonds. The third-order valence-electron chi connectivity index (χ3n) is 3.17. The topological polar surface area (TPSA) is 23.5 Å². The molecule has 2 heteroatoms. The van der Waals surface area contributed by atoms with Crippen molar-refractivity contribution in [2.45, 2.75) is 19.4 Å². The molecule has 0 spiro atoms. The number of nitrogens with zero attached hydrogens (tertiary/aromatic N) is 1. The van der Waals surface area contributed by atoms with Gasteiger partial charge in [-0.2, -0.15) is 0 Å². The van der Waals surface area contributed by atoms with Gasteiger partial charge in [0.15, 0.2) is 0 Å². The minimum atomic E-state index is -0.00468. The van der Waals surface area contributed by atoms with Crippen molar-refractivity contribution in [2.24, 2.45) is 11.3 Å². The van der Waals surface area contributed by atoms with Crippen LogP contribution in [0.15, 0.2) is 0 Å². The molecule has 3 atom stereocenters. The van der Waals surface area contributed by atoms with Gasteiger partial charge < -0.3 is 10.0 Å². The van der Waals surface area contributed by atoms with Crippen LogP contribution in [0.25, 0.3) is 0 Å². The summed E-state index contributed by atoms with van der Waals surface area (Å²) in [4.78, 5) is 2.32. The van der Waals surface area contributed by atoms with E-state index < -0.39 is 0 Å². The molecule has 10 heavy (non-hydrogen) atoms. The van der Waals surface area contributed by atoms with Crippen LogP contribution < -0.4 is 0 Å². The Kier molecular flexibility index (Phi) is 1.15. The van der Waals surface area contributed by atoms with E-state index in [1.165, 1.54) is 6.54 Å². The number of aliphatic hydroxyl groups excluding tert-OH is 1. The number of fused-ring (bicyclic) bond motifs is 1. The van der Waals surface area contributed by atoms with Gasteiger partial charge in [0, 0.05) is 19.0 Å². The van der Waals surface area contributed by atoms with Crippen LogP contribution in [0.4, 0.5) is 0 Å². The van der Waals surface area contributed by atoms with Gasteiger partial charge in [0.05, 0.1) is 6.10 Å². The highest BCUT2D eigenvalue weighted by Crippen LogP contribution is 2.50. The van der Waals surface area contributed by atoms with Crippen LogP contribution >= 0.6 is 0 Å². The fourth-order valence-corrected chi connectivity index (χ4v) is 2.62. The molecule has 0 aromatic heterocycles. The summed E-state index contributed by atoms with van der Waals surface area (Å²) in [5.74, 6) is 0.567. The molecule has 0 bridgehead atoms. The van der Waals surface area contributed by atoms with Crippen LogP contribution in [0, 0.1) is 11.3 Å². The Labute approximate surface area is 61.8 Å². The molecule has 0 aromatic rings. The molecular formula is C8H15NO. The average Bonchev–Trinajstić information content (AvgIpc) is 2.03. The van der Waals surface area contributed by atoms with E-state index in [1.54, 1.807) is 0 Å². The van der Waals surface area contributed by atoms with Crippen molar-refractivity contribution in [3.05, 3.63) is 0 Å². The lowest BCUT2D eigenvalue weighted by Crippen LogP contribution is -2.48. The molecule has 1 aliphatic carbocycles. The second-order valence-electron chi connectivity index (χ2n) is 4.23. The lowest BCUT2D eigenvalue weighted by Gasteiger charge is -2.45. The average molecular weight is 141 g/mol. The number of hydrogen-bond acceptors (Lipinski definition) is 2. The van der Waals surface area contributed by atoms with E-state index in [-0.39, 0.29) is 6.10 Å². The summed E-state index contributed by atoms with van der Waals surface area (Å²) in [6.45, 7) is 4.56. The van der Waals surface area contributed by atoms with Crippen molar-refractivity contribution in [1.82, 2.24) is 4.90 Å². The molecule has 1 aliphatic heterocycles. The summed E-state index contributed by atoms with van der Waals surface area (Å²) in [6, 6.07) is 0. The number of rotatable bonds is 0. The normalized spacial score (nSPS) is 54.3. The SMILES string of the molecule is CN1CC2[C@H](O)C[C@]2(C)C1. The van der Waals surface area contributed by atoms with Gasteiger partial charge in [-0.15, -0.1) is 0 Å². The monoisotopic (exact) mass is 141 g/mol. The predicted molar refractivity (Wildman–Crippen MR) is 39.7 cm³/mol. The second-order valence-corrected chi connectivity index (χ2v) is 4.23. The zero-order valence-corrected chi connectivity index (χ0v) is 6.67. The van der Waals surface area contributed by atoms with Crippen LogP contribution in [0.1, 0.15) is 13.3 Å². The van der Waals surface area contributed by atoms with Gasteiger partial charge in [0.1, 0.15) is 0 Å². The van der Waals surface area contributed by atoms with E-state index in [2.05, 4.69) is 18.9 Å². The first kappa shape index (κ1) is 6.62. The maximum Gasteiger partial charge on any atom is 0.0592 e. The molecule has 2 fully saturated rings. The largest absolute Gasteiger partial charge is 0.393 e. The van der Waals surface area contributed by atoms with Crippen molar-refractivity contribution in [2.75, 3.05) is 20.1 Å². The molecule has 1 saturated carbocycles. The lowest BCUT2D eigenvalue weighted by atomic mass is 9.61. The molecule has 2 nitrogen and oxygen atoms in total. The summed E-state index contributed by atoms with van der Waals surface area (Å²) in [6.07, 6.45) is 1.01. The van der Waals surface area contributed by atoms with Crippen LogP contribution in [0.5, 0.6) is 0 Å². The minimum Gasteiger partial charge on any atom is -0.393 e. The first-order valence-corrected chi connectivity index (χ1v) is 3.98. The molecule has 1 saturated heterocycles. The Morgan fingerprint density at radius 3 is 2.70 bits per heavy atom. The predicted octanol–water partition coefficient (Wildman–Crippen LogP) is 0.319. The first-order chi connectivity index (χ1) is 4.62. The maximum atomic E-state index is 9.37. The zero-order chi connectivity index (χ0) is 7.35. The Morgan fingerprint density at radius 2 is 2.30 bits per heavy atom. The van der Waals surface area contributed by atoms with E-state index in [0.29, 0.717) is 11.3 Å². The highest BCUT2D eigenvalue weighted by molar-refractivity contribution is 5.05. The van der Waals surface area contributed by atoms with E-state index in [9.17, 15) is 5.11 Å². The standard InChI is InChI=1S/C8H15NO/c1-8-3-7(10)6(8)4-9(2)5-8/h6-7,10H,3-5H2,1-2H3/t6?,7-,8-/m1/s1. The molecule has 0 aromatic carbocycles. The minimum absolute atomic E-state index is 0.00468. The maximum absolute atomic E-state index is 9.37. The number of hydrogen-bond donors (Lipinski definition) is 1. The smallest absolute Gasteiger partial charge is 0.0592 e. The first-order valence-electron chi connectivity index (χ1n) is 3.98. The molecule has 58 valence electrons. The van der Waals surface area contributed by atoms with E-state index in [0.717, 1.165) is 13.0 Å². The fourth-order valence-electron chi connectivity index (χ4n) is 2.62. The second kappa shape index (κ2) is 1.74. The van der Waals surface area contributed by atoms with Crippen LogP contribution in [-0.4, -0.2) is 36.2 Å². The third kappa shape index (κ3) is 0.663. The lowest BCUT2D eigenvalue weighted by molar-refractivity contribution is -0.0639. The molecule has 1 heterocycles. The Bertz CT molecular complexity index is 159. The van der Waals surface area contributed by atoms with E-state index in [4.69, 9.17) is 0 Å². The Hall–Kier alpha value is -0.0800. The molecule has 2 rings (SSSR count). The van der Waals surface area contributed by atoms with Crippen molar-refractivity contribution in [3.8, 4) is 0 Å². The summed E-state index contributed by atoms with van der Waals surface area (Å²) >= 11 is 0. The van der Waals surface area contributed by atoms with E-state index in [1.807, 2.05) is 0 Å². The Balaban J connectivity index is 2.12. The van der Waals surface area contributed by atoms with Gasteiger partial charge in [-0.05, 0) is 18.9 Å². The van der Waals surface area contributed by atoms with Crippen molar-refractivity contribution >= 4 is 0 Å². The highest BCUT2D eigenvalue weighted by atomic mass is 16.3. The summed E-state index contributed by atoms with van der Waals surface area (Å²) in [5.41, 5.74) is 0.453. The summed E-state index contributed by atoms with van der Waals surface area (Å²) < 4.78 is 0. The Morgan fingerprint density at radius 1 is 1.60 bits per heavy atom. The molecule has 1 N–H and O–H groups in total. The van der Waals surface area contributed by atoms with Crippen LogP contribution in [0.3, 0.4) is 0 Å². The van der Waals surface area contributed by atoms with Gasteiger partial charge in [-0.25, -0.2) is 0 Å². The molecule has 1 unspecified atom stereocenters. The van der Waals surface area contributed by atoms with Crippen molar-refractivity contribution in [3.63, 3.8) is 0 Å². The van der Waals surface area contributed by atoms with Crippen LogP contribution in [0.2, 0.25) is 0 Å². The molecule has 0 radical (unpaired) electrons. The number of aliphatic hydroxyl groups is 1. The van der Waals surface area contributed by atoms with Gasteiger partial charge in [0.2, 0.25) is 0 Å². The fraction of sp³-hybridized carbons (Fsp3) is 1.00. The van der Waals surface area contributed by atoms with Gasteiger partial charge in [-0.1, -0.05) is 6.92 Å². The van der Waals surface area contributed by atoms with Gasteiger partial charge in [-0.3, -0.25) is 0 Å². The van der Waals surface area contributed by atoms with Crippen molar-refractivity contribution in [1.29, 1.82) is 0 Å².